The highest BCUT2D eigenvalue weighted by Gasteiger charge is 2.28. The third-order valence-corrected chi connectivity index (χ3v) is 5.91. The van der Waals surface area contributed by atoms with E-state index in [-0.39, 0.29) is 23.1 Å². The van der Waals surface area contributed by atoms with Crippen LogP contribution in [-0.4, -0.2) is 34.0 Å². The minimum absolute atomic E-state index is 0.0656. The molecule has 0 radical (unpaired) electrons. The fourth-order valence-corrected chi connectivity index (χ4v) is 4.09. The van der Waals surface area contributed by atoms with E-state index in [1.807, 2.05) is 76.2 Å². The molecule has 1 N–H and O–H groups in total. The van der Waals surface area contributed by atoms with E-state index in [1.54, 1.807) is 11.8 Å². The predicted octanol–water partition coefficient (Wildman–Crippen LogP) is 5.21. The van der Waals surface area contributed by atoms with E-state index in [2.05, 4.69) is 5.32 Å². The summed E-state index contributed by atoms with van der Waals surface area (Å²) in [6.45, 7) is 10.0. The maximum atomic E-state index is 13.1. The molecule has 0 bridgehead atoms. The molecule has 2 amide bonds. The molecule has 0 aromatic heterocycles. The van der Waals surface area contributed by atoms with Gasteiger partial charge in [0.25, 0.3) is 0 Å². The Morgan fingerprint density at radius 1 is 1.10 bits per heavy atom. The van der Waals surface area contributed by atoms with Crippen molar-refractivity contribution in [1.82, 2.24) is 10.2 Å². The Bertz CT molecular complexity index is 862. The number of nitrogens with zero attached hydrogens (tertiary/aromatic N) is 1. The number of benzene rings is 2. The van der Waals surface area contributed by atoms with Gasteiger partial charge >= 0.3 is 0 Å². The van der Waals surface area contributed by atoms with Crippen molar-refractivity contribution in [1.29, 1.82) is 0 Å². The zero-order valence-electron chi connectivity index (χ0n) is 18.4. The highest BCUT2D eigenvalue weighted by Crippen LogP contribution is 2.22. The van der Waals surface area contributed by atoms with Gasteiger partial charge in [0.05, 0.1) is 5.75 Å². The van der Waals surface area contributed by atoms with E-state index >= 15 is 0 Å². The van der Waals surface area contributed by atoms with E-state index < -0.39 is 6.04 Å². The average Bonchev–Trinajstić information content (AvgIpc) is 2.67. The van der Waals surface area contributed by atoms with Crippen LogP contribution in [0.1, 0.15) is 44.4 Å². The Labute approximate surface area is 189 Å². The van der Waals surface area contributed by atoms with Crippen LogP contribution in [-0.2, 0) is 21.9 Å². The van der Waals surface area contributed by atoms with Gasteiger partial charge in [-0.2, -0.15) is 0 Å². The summed E-state index contributed by atoms with van der Waals surface area (Å²) in [5.41, 5.74) is 2.80. The lowest BCUT2D eigenvalue weighted by Crippen LogP contribution is -2.52. The second kappa shape index (κ2) is 10.9. The summed E-state index contributed by atoms with van der Waals surface area (Å²) in [5, 5.41) is 3.68. The van der Waals surface area contributed by atoms with Gasteiger partial charge in [-0.15, -0.1) is 11.8 Å². The van der Waals surface area contributed by atoms with Crippen molar-refractivity contribution >= 4 is 35.2 Å². The number of thioether (sulfide) groups is 1. The molecule has 2 aromatic rings. The van der Waals surface area contributed by atoms with Crippen LogP contribution in [0.15, 0.2) is 48.5 Å². The molecule has 0 fully saturated rings. The maximum absolute atomic E-state index is 13.1. The SMILES string of the molecule is Cc1ccc(CN(C(=O)CSCc2ccccc2Cl)C(C)C(=O)NC(C)(C)C)cc1. The maximum Gasteiger partial charge on any atom is 0.242 e. The van der Waals surface area contributed by atoms with Crippen LogP contribution in [0.25, 0.3) is 0 Å². The smallest absolute Gasteiger partial charge is 0.242 e. The molecule has 30 heavy (non-hydrogen) atoms. The van der Waals surface area contributed by atoms with E-state index in [4.69, 9.17) is 11.6 Å². The number of carbonyl (C=O) groups is 2. The Morgan fingerprint density at radius 2 is 1.73 bits per heavy atom. The first-order valence-electron chi connectivity index (χ1n) is 10.0. The Hall–Kier alpha value is -1.98. The van der Waals surface area contributed by atoms with Crippen molar-refractivity contribution in [2.75, 3.05) is 5.75 Å². The molecule has 0 saturated carbocycles. The molecule has 0 saturated heterocycles. The Morgan fingerprint density at radius 3 is 2.33 bits per heavy atom. The zero-order chi connectivity index (χ0) is 22.3. The fraction of sp³-hybridized carbons (Fsp3) is 0.417. The second-order valence-electron chi connectivity index (χ2n) is 8.51. The highest BCUT2D eigenvalue weighted by molar-refractivity contribution is 7.99. The standard InChI is InChI=1S/C24H31ClN2O2S/c1-17-10-12-19(13-11-17)14-27(18(2)23(29)26-24(3,4)5)22(28)16-30-15-20-8-6-7-9-21(20)25/h6-13,18H,14-16H2,1-5H3,(H,26,29). The molecule has 2 aromatic carbocycles. The van der Waals surface area contributed by atoms with Crippen molar-refractivity contribution in [3.05, 3.63) is 70.2 Å². The predicted molar refractivity (Wildman–Crippen MR) is 127 cm³/mol. The zero-order valence-corrected chi connectivity index (χ0v) is 19.9. The van der Waals surface area contributed by atoms with E-state index in [0.29, 0.717) is 17.3 Å². The summed E-state index contributed by atoms with van der Waals surface area (Å²) in [6.07, 6.45) is 0. The molecule has 2 rings (SSSR count). The minimum atomic E-state index is -0.570. The van der Waals surface area contributed by atoms with Crippen LogP contribution in [0.4, 0.5) is 0 Å². The minimum Gasteiger partial charge on any atom is -0.350 e. The van der Waals surface area contributed by atoms with Gasteiger partial charge in [-0.1, -0.05) is 59.6 Å². The lowest BCUT2D eigenvalue weighted by molar-refractivity contribution is -0.139. The number of hydrogen-bond acceptors (Lipinski definition) is 3. The number of amides is 2. The molecule has 0 aliphatic carbocycles. The summed E-state index contributed by atoms with van der Waals surface area (Å²) < 4.78 is 0. The first-order chi connectivity index (χ1) is 14.1. The molecule has 0 aliphatic heterocycles. The van der Waals surface area contributed by atoms with Gasteiger partial charge in [0.2, 0.25) is 11.8 Å². The van der Waals surface area contributed by atoms with Gasteiger partial charge in [-0.05, 0) is 51.8 Å². The first kappa shape index (κ1) is 24.3. The Kier molecular flexibility index (Phi) is 8.80. The molecule has 1 atom stereocenters. The largest absolute Gasteiger partial charge is 0.350 e. The number of aryl methyl sites for hydroxylation is 1. The molecule has 6 heteroatoms. The number of carbonyl (C=O) groups excluding carboxylic acids is 2. The number of nitrogens with one attached hydrogen (secondary N) is 1. The normalized spacial score (nSPS) is 12.3. The van der Waals surface area contributed by atoms with Crippen LogP contribution in [0.2, 0.25) is 5.02 Å². The van der Waals surface area contributed by atoms with Crippen LogP contribution in [0.3, 0.4) is 0 Å². The summed E-state index contributed by atoms with van der Waals surface area (Å²) in [6, 6.07) is 15.1. The molecule has 4 nitrogen and oxygen atoms in total. The highest BCUT2D eigenvalue weighted by atomic mass is 35.5. The van der Waals surface area contributed by atoms with Gasteiger partial charge in [0.1, 0.15) is 6.04 Å². The van der Waals surface area contributed by atoms with Gasteiger partial charge < -0.3 is 10.2 Å². The fourth-order valence-electron chi connectivity index (χ4n) is 2.89. The van der Waals surface area contributed by atoms with E-state index in [0.717, 1.165) is 16.7 Å². The summed E-state index contributed by atoms with van der Waals surface area (Å²) in [5.74, 6) is 0.708. The van der Waals surface area contributed by atoms with Crippen LogP contribution in [0.5, 0.6) is 0 Å². The van der Waals surface area contributed by atoms with Crippen molar-refractivity contribution in [3.63, 3.8) is 0 Å². The molecule has 162 valence electrons. The molecule has 0 spiro atoms. The van der Waals surface area contributed by atoms with Gasteiger partial charge in [0.15, 0.2) is 0 Å². The van der Waals surface area contributed by atoms with Gasteiger partial charge in [-0.3, -0.25) is 9.59 Å². The van der Waals surface area contributed by atoms with Crippen LogP contribution >= 0.6 is 23.4 Å². The molecule has 0 heterocycles. The number of rotatable bonds is 8. The van der Waals surface area contributed by atoms with Crippen molar-refractivity contribution < 1.29 is 9.59 Å². The second-order valence-corrected chi connectivity index (χ2v) is 9.90. The molecule has 0 aliphatic rings. The lowest BCUT2D eigenvalue weighted by atomic mass is 10.1. The molecular formula is C24H31ClN2O2S. The third-order valence-electron chi connectivity index (χ3n) is 4.58. The molecule has 1 unspecified atom stereocenters. The number of halogens is 1. The first-order valence-corrected chi connectivity index (χ1v) is 11.6. The van der Waals surface area contributed by atoms with Crippen molar-refractivity contribution in [2.45, 2.75) is 58.5 Å². The number of hydrogen-bond donors (Lipinski definition) is 1. The molecular weight excluding hydrogens is 416 g/mol. The average molecular weight is 447 g/mol. The van der Waals surface area contributed by atoms with Crippen LogP contribution in [0, 0.1) is 6.92 Å². The monoisotopic (exact) mass is 446 g/mol. The summed E-state index contributed by atoms with van der Waals surface area (Å²) in [7, 11) is 0. The van der Waals surface area contributed by atoms with E-state index in [9.17, 15) is 9.59 Å². The van der Waals surface area contributed by atoms with Crippen molar-refractivity contribution in [3.8, 4) is 0 Å². The van der Waals surface area contributed by atoms with Gasteiger partial charge in [0, 0.05) is 22.9 Å². The summed E-state index contributed by atoms with van der Waals surface area (Å²) in [4.78, 5) is 27.5. The van der Waals surface area contributed by atoms with Gasteiger partial charge in [-0.25, -0.2) is 0 Å². The Balaban J connectivity index is 2.10. The van der Waals surface area contributed by atoms with Crippen LogP contribution < -0.4 is 5.32 Å². The third kappa shape index (κ3) is 7.69. The lowest BCUT2D eigenvalue weighted by Gasteiger charge is -2.31. The summed E-state index contributed by atoms with van der Waals surface area (Å²) >= 11 is 7.72. The van der Waals surface area contributed by atoms with Crippen molar-refractivity contribution in [2.24, 2.45) is 0 Å². The van der Waals surface area contributed by atoms with E-state index in [1.165, 1.54) is 11.8 Å². The quantitative estimate of drug-likeness (QED) is 0.605. The topological polar surface area (TPSA) is 49.4 Å².